The maximum Gasteiger partial charge on any atom is 0.363 e. The van der Waals surface area contributed by atoms with E-state index < -0.39 is 17.6 Å². The van der Waals surface area contributed by atoms with Crippen molar-refractivity contribution in [3.63, 3.8) is 0 Å². The molecule has 0 bridgehead atoms. The molecule has 4 rings (SSSR count). The molecule has 0 saturated carbocycles. The zero-order chi connectivity index (χ0) is 24.4. The fourth-order valence-corrected chi connectivity index (χ4v) is 3.79. The molecule has 34 heavy (non-hydrogen) atoms. The molecule has 3 aromatic carbocycles. The van der Waals surface area contributed by atoms with E-state index in [1.165, 1.54) is 13.2 Å². The Bertz CT molecular complexity index is 1360. The van der Waals surface area contributed by atoms with Gasteiger partial charge in [0.05, 0.1) is 22.7 Å². The molecule has 10 heteroatoms. The number of hydrogen-bond acceptors (Lipinski definition) is 5. The highest BCUT2D eigenvalue weighted by Gasteiger charge is 2.27. The number of halogens is 5. The first-order chi connectivity index (χ1) is 16.3. The van der Waals surface area contributed by atoms with Crippen molar-refractivity contribution in [2.45, 2.75) is 6.61 Å². The van der Waals surface area contributed by atoms with Gasteiger partial charge in [-0.15, -0.1) is 0 Å². The van der Waals surface area contributed by atoms with E-state index in [2.05, 4.69) is 4.99 Å². The molecule has 0 saturated heterocycles. The lowest BCUT2D eigenvalue weighted by atomic mass is 10.1. The lowest BCUT2D eigenvalue weighted by molar-refractivity contribution is -0.129. The summed E-state index contributed by atoms with van der Waals surface area (Å²) in [5.74, 6) is -2.74. The second-order valence-corrected chi connectivity index (χ2v) is 8.22. The Labute approximate surface area is 208 Å². The van der Waals surface area contributed by atoms with E-state index in [1.54, 1.807) is 18.2 Å². The third kappa shape index (κ3) is 5.01. The SMILES string of the molecule is COc1cc(C=C2N=C(c3cc(F)c(F)cc3Cl)OC2=O)cc(Cl)c1OCc1ccccc1Cl. The summed E-state index contributed by atoms with van der Waals surface area (Å²) in [5, 5.41) is 0.613. The van der Waals surface area contributed by atoms with E-state index in [1.807, 2.05) is 18.2 Å². The molecule has 0 unspecified atom stereocenters. The summed E-state index contributed by atoms with van der Waals surface area (Å²) in [6, 6.07) is 11.9. The van der Waals surface area contributed by atoms with Crippen LogP contribution in [0.15, 0.2) is 59.2 Å². The van der Waals surface area contributed by atoms with Crippen LogP contribution in [-0.2, 0) is 16.1 Å². The first-order valence-corrected chi connectivity index (χ1v) is 10.8. The van der Waals surface area contributed by atoms with Crippen LogP contribution in [0.4, 0.5) is 8.78 Å². The number of aliphatic imine (C=N–C) groups is 1. The van der Waals surface area contributed by atoms with Crippen LogP contribution in [0.25, 0.3) is 6.08 Å². The fourth-order valence-electron chi connectivity index (χ4n) is 3.10. The lowest BCUT2D eigenvalue weighted by Crippen LogP contribution is -2.07. The van der Waals surface area contributed by atoms with Gasteiger partial charge in [0.25, 0.3) is 0 Å². The van der Waals surface area contributed by atoms with Crippen LogP contribution in [0.2, 0.25) is 15.1 Å². The van der Waals surface area contributed by atoms with Crippen LogP contribution in [0, 0.1) is 11.6 Å². The van der Waals surface area contributed by atoms with Crippen LogP contribution < -0.4 is 9.47 Å². The highest BCUT2D eigenvalue weighted by atomic mass is 35.5. The molecule has 3 aromatic rings. The molecule has 0 amide bonds. The van der Waals surface area contributed by atoms with Crippen LogP contribution in [0.3, 0.4) is 0 Å². The van der Waals surface area contributed by atoms with Gasteiger partial charge in [0.2, 0.25) is 5.90 Å². The van der Waals surface area contributed by atoms with Crippen molar-refractivity contribution in [2.24, 2.45) is 4.99 Å². The number of hydrogen-bond donors (Lipinski definition) is 0. The van der Waals surface area contributed by atoms with Crippen molar-refractivity contribution in [1.82, 2.24) is 0 Å². The van der Waals surface area contributed by atoms with E-state index in [0.717, 1.165) is 17.7 Å². The van der Waals surface area contributed by atoms with Gasteiger partial charge in [0.15, 0.2) is 28.8 Å². The number of carbonyl (C=O) groups is 1. The smallest absolute Gasteiger partial charge is 0.363 e. The van der Waals surface area contributed by atoms with Crippen molar-refractivity contribution < 1.29 is 27.8 Å². The molecule has 1 aliphatic rings. The van der Waals surface area contributed by atoms with Gasteiger partial charge in [-0.2, -0.15) is 0 Å². The first kappa shape index (κ1) is 24.0. The maximum absolute atomic E-state index is 13.6. The first-order valence-electron chi connectivity index (χ1n) is 9.68. The van der Waals surface area contributed by atoms with Gasteiger partial charge in [0.1, 0.15) is 6.61 Å². The van der Waals surface area contributed by atoms with Crippen molar-refractivity contribution >= 4 is 52.7 Å². The average molecular weight is 525 g/mol. The van der Waals surface area contributed by atoms with Gasteiger partial charge >= 0.3 is 5.97 Å². The van der Waals surface area contributed by atoms with Crippen LogP contribution >= 0.6 is 34.8 Å². The Balaban J connectivity index is 1.63. The summed E-state index contributed by atoms with van der Waals surface area (Å²) in [6.45, 7) is 0.158. The van der Waals surface area contributed by atoms with Crippen molar-refractivity contribution in [3.8, 4) is 11.5 Å². The number of benzene rings is 3. The second kappa shape index (κ2) is 10.0. The number of methoxy groups -OCH3 is 1. The third-order valence-corrected chi connectivity index (χ3v) is 5.71. The van der Waals surface area contributed by atoms with Crippen LogP contribution in [0.5, 0.6) is 11.5 Å². The van der Waals surface area contributed by atoms with E-state index in [4.69, 9.17) is 49.0 Å². The van der Waals surface area contributed by atoms with Crippen LogP contribution in [0.1, 0.15) is 16.7 Å². The van der Waals surface area contributed by atoms with Gasteiger partial charge in [-0.1, -0.05) is 53.0 Å². The van der Waals surface area contributed by atoms with E-state index in [9.17, 15) is 13.6 Å². The van der Waals surface area contributed by atoms with Crippen molar-refractivity contribution in [3.05, 3.63) is 97.6 Å². The highest BCUT2D eigenvalue weighted by Crippen LogP contribution is 2.38. The molecule has 174 valence electrons. The standard InChI is InChI=1S/C24H14Cl3F2NO4/c1-32-21-8-12(6-17(27)22(21)33-11-13-4-2-3-5-15(13)25)7-20-24(31)34-23(30-20)14-9-18(28)19(29)10-16(14)26/h2-10H,11H2,1H3. The number of rotatable bonds is 6. The molecule has 0 fully saturated rings. The molecule has 1 aliphatic heterocycles. The topological polar surface area (TPSA) is 57.1 Å². The van der Waals surface area contributed by atoms with E-state index in [-0.39, 0.29) is 39.6 Å². The summed E-state index contributed by atoms with van der Waals surface area (Å²) in [6.07, 6.45) is 1.40. The summed E-state index contributed by atoms with van der Waals surface area (Å²) < 4.78 is 43.3. The summed E-state index contributed by atoms with van der Waals surface area (Å²) in [7, 11) is 1.44. The molecule has 5 nitrogen and oxygen atoms in total. The normalized spacial score (nSPS) is 14.2. The van der Waals surface area contributed by atoms with Crippen LogP contribution in [-0.4, -0.2) is 19.0 Å². The largest absolute Gasteiger partial charge is 0.493 e. The number of ether oxygens (including phenoxy) is 3. The molecule has 0 N–H and O–H groups in total. The Morgan fingerprint density at radius 2 is 1.74 bits per heavy atom. The minimum Gasteiger partial charge on any atom is -0.493 e. The third-order valence-electron chi connectivity index (χ3n) is 4.75. The average Bonchev–Trinajstić information content (AvgIpc) is 3.16. The van der Waals surface area contributed by atoms with Crippen molar-refractivity contribution in [1.29, 1.82) is 0 Å². The zero-order valence-corrected chi connectivity index (χ0v) is 19.6. The number of esters is 1. The number of nitrogens with zero attached hydrogens (tertiary/aromatic N) is 1. The molecule has 0 spiro atoms. The Kier molecular flexibility index (Phi) is 7.07. The Hall–Kier alpha value is -3.13. The van der Waals surface area contributed by atoms with Gasteiger partial charge in [-0.25, -0.2) is 18.6 Å². The number of carbonyl (C=O) groups excluding carboxylic acids is 1. The molecule has 0 radical (unpaired) electrons. The summed E-state index contributed by atoms with van der Waals surface area (Å²) in [4.78, 5) is 16.4. The second-order valence-electron chi connectivity index (χ2n) is 7.00. The molecular weight excluding hydrogens is 511 g/mol. The van der Waals surface area contributed by atoms with Gasteiger partial charge in [-0.05, 0) is 42.0 Å². The Morgan fingerprint density at radius 1 is 1.00 bits per heavy atom. The molecule has 0 aromatic heterocycles. The molecule has 1 heterocycles. The molecule has 0 atom stereocenters. The lowest BCUT2D eigenvalue weighted by Gasteiger charge is -2.14. The molecular formula is C24H14Cl3F2NO4. The summed E-state index contributed by atoms with van der Waals surface area (Å²) in [5.41, 5.74) is 1.06. The van der Waals surface area contributed by atoms with Crippen molar-refractivity contribution in [2.75, 3.05) is 7.11 Å². The minimum atomic E-state index is -1.15. The summed E-state index contributed by atoms with van der Waals surface area (Å²) >= 11 is 18.5. The minimum absolute atomic E-state index is 0.0590. The predicted molar refractivity (Wildman–Crippen MR) is 126 cm³/mol. The van der Waals surface area contributed by atoms with Gasteiger partial charge < -0.3 is 14.2 Å². The maximum atomic E-state index is 13.6. The Morgan fingerprint density at radius 3 is 2.47 bits per heavy atom. The zero-order valence-electron chi connectivity index (χ0n) is 17.4. The number of cyclic esters (lactones) is 1. The predicted octanol–water partition coefficient (Wildman–Crippen LogP) is 6.86. The van der Waals surface area contributed by atoms with Gasteiger partial charge in [0, 0.05) is 10.6 Å². The fraction of sp³-hybridized carbons (Fsp3) is 0.0833. The highest BCUT2D eigenvalue weighted by molar-refractivity contribution is 6.34. The van der Waals surface area contributed by atoms with E-state index in [0.29, 0.717) is 16.3 Å². The van der Waals surface area contributed by atoms with E-state index >= 15 is 0 Å². The molecule has 0 aliphatic carbocycles. The monoisotopic (exact) mass is 523 g/mol. The quantitative estimate of drug-likeness (QED) is 0.201. The van der Waals surface area contributed by atoms with Gasteiger partial charge in [-0.3, -0.25) is 0 Å².